The second-order valence-corrected chi connectivity index (χ2v) is 6.09. The van der Waals surface area contributed by atoms with E-state index in [2.05, 4.69) is 16.2 Å². The quantitative estimate of drug-likeness (QED) is 0.466. The molecule has 2 aromatic carbocycles. The van der Waals surface area contributed by atoms with Crippen LogP contribution in [0.1, 0.15) is 35.7 Å². The molecule has 8 nitrogen and oxygen atoms in total. The third-order valence-electron chi connectivity index (χ3n) is 3.94. The van der Waals surface area contributed by atoms with Crippen molar-refractivity contribution >= 4 is 29.4 Å². The van der Waals surface area contributed by atoms with Gasteiger partial charge >= 0.3 is 5.97 Å². The molecular formula is C21H23N3O5. The van der Waals surface area contributed by atoms with Crippen molar-refractivity contribution in [1.82, 2.24) is 10.9 Å². The molecule has 2 aromatic rings. The maximum absolute atomic E-state index is 11.9. The molecular weight excluding hydrogens is 374 g/mol. The normalized spacial score (nSPS) is 9.97. The highest BCUT2D eigenvalue weighted by atomic mass is 16.5. The zero-order valence-electron chi connectivity index (χ0n) is 16.1. The Kier molecular flexibility index (Phi) is 8.37. The van der Waals surface area contributed by atoms with Gasteiger partial charge in [0.2, 0.25) is 5.91 Å². The van der Waals surface area contributed by atoms with Crippen molar-refractivity contribution in [3.05, 3.63) is 65.7 Å². The van der Waals surface area contributed by atoms with Crippen LogP contribution in [-0.2, 0) is 25.5 Å². The maximum Gasteiger partial charge on any atom is 0.306 e. The van der Waals surface area contributed by atoms with Crippen molar-refractivity contribution in [2.45, 2.75) is 26.2 Å². The smallest absolute Gasteiger partial charge is 0.306 e. The molecule has 0 aliphatic carbocycles. The fourth-order valence-corrected chi connectivity index (χ4v) is 2.42. The minimum Gasteiger partial charge on any atom is -0.456 e. The monoisotopic (exact) mass is 397 g/mol. The second kappa shape index (κ2) is 11.2. The number of benzene rings is 2. The van der Waals surface area contributed by atoms with E-state index < -0.39 is 30.3 Å². The van der Waals surface area contributed by atoms with E-state index in [1.807, 2.05) is 19.1 Å². The predicted molar refractivity (Wildman–Crippen MR) is 107 cm³/mol. The van der Waals surface area contributed by atoms with Gasteiger partial charge in [0.05, 0.1) is 6.42 Å². The van der Waals surface area contributed by atoms with Crippen molar-refractivity contribution in [2.75, 3.05) is 11.9 Å². The number of carbonyl (C=O) groups excluding carboxylic acids is 4. The number of ether oxygens (including phenoxy) is 1. The van der Waals surface area contributed by atoms with Gasteiger partial charge in [-0.05, 0) is 30.2 Å². The summed E-state index contributed by atoms with van der Waals surface area (Å²) in [6, 6.07) is 15.7. The van der Waals surface area contributed by atoms with Crippen LogP contribution >= 0.6 is 0 Å². The van der Waals surface area contributed by atoms with E-state index in [4.69, 9.17) is 4.74 Å². The van der Waals surface area contributed by atoms with Crippen LogP contribution in [0.5, 0.6) is 0 Å². The molecule has 0 unspecified atom stereocenters. The summed E-state index contributed by atoms with van der Waals surface area (Å²) < 4.78 is 4.88. The molecule has 0 fully saturated rings. The Morgan fingerprint density at radius 3 is 2.24 bits per heavy atom. The predicted octanol–water partition coefficient (Wildman–Crippen LogP) is 1.97. The molecule has 0 spiro atoms. The minimum atomic E-state index is -0.687. The molecule has 152 valence electrons. The molecule has 29 heavy (non-hydrogen) atoms. The summed E-state index contributed by atoms with van der Waals surface area (Å²) in [6.45, 7) is 1.53. The molecule has 0 aliphatic heterocycles. The lowest BCUT2D eigenvalue weighted by Gasteiger charge is -2.10. The number of amides is 3. The van der Waals surface area contributed by atoms with Gasteiger partial charge in [0.15, 0.2) is 6.61 Å². The summed E-state index contributed by atoms with van der Waals surface area (Å²) in [5, 5.41) is 2.69. The number of carbonyl (C=O) groups is 4. The topological polar surface area (TPSA) is 114 Å². The van der Waals surface area contributed by atoms with Gasteiger partial charge in [-0.15, -0.1) is 0 Å². The molecule has 0 bridgehead atoms. The number of hydrazine groups is 1. The van der Waals surface area contributed by atoms with Gasteiger partial charge in [-0.2, -0.15) is 0 Å². The van der Waals surface area contributed by atoms with Gasteiger partial charge in [0.25, 0.3) is 11.8 Å². The Balaban J connectivity index is 1.65. The fourth-order valence-electron chi connectivity index (χ4n) is 2.42. The summed E-state index contributed by atoms with van der Waals surface area (Å²) in [5.74, 6) is -2.16. The Labute approximate surface area is 168 Å². The minimum absolute atomic E-state index is 0.186. The number of nitrogens with one attached hydrogen (secondary N) is 3. The van der Waals surface area contributed by atoms with E-state index in [0.29, 0.717) is 11.3 Å². The van der Waals surface area contributed by atoms with Crippen LogP contribution in [0.15, 0.2) is 54.6 Å². The largest absolute Gasteiger partial charge is 0.456 e. The maximum atomic E-state index is 11.9. The highest BCUT2D eigenvalue weighted by Gasteiger charge is 2.12. The Bertz CT molecular complexity index is 868. The van der Waals surface area contributed by atoms with E-state index >= 15 is 0 Å². The van der Waals surface area contributed by atoms with Crippen molar-refractivity contribution < 1.29 is 23.9 Å². The SMILES string of the molecule is CCc1ccccc1NC(=O)COC(=O)CCC(=O)NNC(=O)c1ccccc1. The number of hydrogen-bond acceptors (Lipinski definition) is 5. The molecule has 0 aromatic heterocycles. The first kappa shape index (κ1) is 21.6. The van der Waals surface area contributed by atoms with Gasteiger partial charge in [-0.1, -0.05) is 43.3 Å². The van der Waals surface area contributed by atoms with Crippen LogP contribution in [0, 0.1) is 0 Å². The third-order valence-corrected chi connectivity index (χ3v) is 3.94. The standard InChI is InChI=1S/C21H23N3O5/c1-2-15-8-6-7-11-17(15)22-19(26)14-29-20(27)13-12-18(25)23-24-21(28)16-9-4-3-5-10-16/h3-11H,2,12-14H2,1H3,(H,22,26)(H,23,25)(H,24,28). The van der Waals surface area contributed by atoms with Gasteiger partial charge in [-0.3, -0.25) is 30.0 Å². The van der Waals surface area contributed by atoms with Gasteiger partial charge in [0, 0.05) is 17.7 Å². The summed E-state index contributed by atoms with van der Waals surface area (Å²) in [7, 11) is 0. The molecule has 0 aliphatic rings. The summed E-state index contributed by atoms with van der Waals surface area (Å²) in [5.41, 5.74) is 6.51. The average Bonchev–Trinajstić information content (AvgIpc) is 2.75. The highest BCUT2D eigenvalue weighted by Crippen LogP contribution is 2.15. The van der Waals surface area contributed by atoms with E-state index in [-0.39, 0.29) is 12.8 Å². The number of aryl methyl sites for hydroxylation is 1. The summed E-state index contributed by atoms with van der Waals surface area (Å²) in [4.78, 5) is 47.2. The number of para-hydroxylation sites is 1. The zero-order valence-corrected chi connectivity index (χ0v) is 16.1. The van der Waals surface area contributed by atoms with Crippen molar-refractivity contribution in [1.29, 1.82) is 0 Å². The lowest BCUT2D eigenvalue weighted by molar-refractivity contribution is -0.148. The van der Waals surface area contributed by atoms with Crippen molar-refractivity contribution in [2.24, 2.45) is 0 Å². The van der Waals surface area contributed by atoms with Crippen molar-refractivity contribution in [3.8, 4) is 0 Å². The summed E-state index contributed by atoms with van der Waals surface area (Å²) in [6.07, 6.45) is 0.353. The number of anilines is 1. The fraction of sp³-hybridized carbons (Fsp3) is 0.238. The Hall–Kier alpha value is -3.68. The lowest BCUT2D eigenvalue weighted by Crippen LogP contribution is -2.41. The van der Waals surface area contributed by atoms with E-state index in [9.17, 15) is 19.2 Å². The average molecular weight is 397 g/mol. The molecule has 3 N–H and O–H groups in total. The number of rotatable bonds is 8. The highest BCUT2D eigenvalue weighted by molar-refractivity contribution is 5.95. The molecule has 0 radical (unpaired) electrons. The second-order valence-electron chi connectivity index (χ2n) is 6.09. The first-order valence-corrected chi connectivity index (χ1v) is 9.17. The number of esters is 1. The molecule has 0 atom stereocenters. The molecule has 0 saturated heterocycles. The van der Waals surface area contributed by atoms with E-state index in [1.165, 1.54) is 0 Å². The van der Waals surface area contributed by atoms with Gasteiger partial charge in [-0.25, -0.2) is 0 Å². The molecule has 0 heterocycles. The van der Waals surface area contributed by atoms with Crippen molar-refractivity contribution in [3.63, 3.8) is 0 Å². The van der Waals surface area contributed by atoms with Crippen LogP contribution < -0.4 is 16.2 Å². The van der Waals surface area contributed by atoms with Crippen LogP contribution in [0.3, 0.4) is 0 Å². The van der Waals surface area contributed by atoms with Gasteiger partial charge < -0.3 is 10.1 Å². The van der Waals surface area contributed by atoms with Crippen LogP contribution in [0.4, 0.5) is 5.69 Å². The first-order valence-electron chi connectivity index (χ1n) is 9.17. The first-order chi connectivity index (χ1) is 14.0. The third kappa shape index (κ3) is 7.45. The lowest BCUT2D eigenvalue weighted by atomic mass is 10.1. The van der Waals surface area contributed by atoms with Crippen LogP contribution in [-0.4, -0.2) is 30.3 Å². The molecule has 2 rings (SSSR count). The molecule has 0 saturated carbocycles. The Morgan fingerprint density at radius 2 is 1.52 bits per heavy atom. The zero-order chi connectivity index (χ0) is 21.1. The number of hydrogen-bond donors (Lipinski definition) is 3. The van der Waals surface area contributed by atoms with E-state index in [0.717, 1.165) is 12.0 Å². The van der Waals surface area contributed by atoms with E-state index in [1.54, 1.807) is 42.5 Å². The Morgan fingerprint density at radius 1 is 0.828 bits per heavy atom. The van der Waals surface area contributed by atoms with Crippen LogP contribution in [0.25, 0.3) is 0 Å². The molecule has 8 heteroatoms. The summed E-state index contributed by atoms with van der Waals surface area (Å²) >= 11 is 0. The molecule has 3 amide bonds. The van der Waals surface area contributed by atoms with Crippen LogP contribution in [0.2, 0.25) is 0 Å². The van der Waals surface area contributed by atoms with Gasteiger partial charge in [0.1, 0.15) is 0 Å².